The fraction of sp³-hybridized carbons (Fsp3) is 0.217. The summed E-state index contributed by atoms with van der Waals surface area (Å²) in [5.74, 6) is 0.830. The molecule has 0 unspecified atom stereocenters. The summed E-state index contributed by atoms with van der Waals surface area (Å²) in [4.78, 5) is 12.1. The third-order valence-corrected chi connectivity index (χ3v) is 5.29. The van der Waals surface area contributed by atoms with Crippen molar-refractivity contribution >= 4 is 30.0 Å². The summed E-state index contributed by atoms with van der Waals surface area (Å²) in [5, 5.41) is 13.3. The maximum atomic E-state index is 12.1. The second kappa shape index (κ2) is 10.5. The molecular weight excluding hydrogens is 394 g/mol. The molecule has 30 heavy (non-hydrogen) atoms. The lowest BCUT2D eigenvalue weighted by atomic mass is 10.1. The number of aromatic nitrogens is 3. The average molecular weight is 420 g/mol. The lowest BCUT2D eigenvalue weighted by Crippen LogP contribution is -2.20. The van der Waals surface area contributed by atoms with Crippen molar-refractivity contribution in [3.05, 3.63) is 71.3 Å². The number of aryl methyl sites for hydroxylation is 1. The Labute approximate surface area is 181 Å². The summed E-state index contributed by atoms with van der Waals surface area (Å²) >= 11 is 1.35. The summed E-state index contributed by atoms with van der Waals surface area (Å²) in [7, 11) is 0. The molecule has 1 N–H and O–H groups in total. The molecular formula is C23H25N5OS. The number of hydrazone groups is 1. The summed E-state index contributed by atoms with van der Waals surface area (Å²) in [6, 6.07) is 18.1. The van der Waals surface area contributed by atoms with E-state index in [1.54, 1.807) is 6.21 Å². The summed E-state index contributed by atoms with van der Waals surface area (Å²) in [5.41, 5.74) is 6.81. The average Bonchev–Trinajstić information content (AvgIpc) is 3.16. The van der Waals surface area contributed by atoms with Crippen molar-refractivity contribution in [1.29, 1.82) is 0 Å². The van der Waals surface area contributed by atoms with Crippen molar-refractivity contribution in [2.75, 3.05) is 5.75 Å². The molecule has 7 heteroatoms. The molecule has 2 aromatic carbocycles. The highest BCUT2D eigenvalue weighted by atomic mass is 32.2. The number of hydrogen-bond donors (Lipinski definition) is 1. The van der Waals surface area contributed by atoms with Gasteiger partial charge in [-0.3, -0.25) is 4.79 Å². The molecule has 0 fully saturated rings. The highest BCUT2D eigenvalue weighted by Crippen LogP contribution is 2.24. The van der Waals surface area contributed by atoms with E-state index in [-0.39, 0.29) is 11.7 Å². The van der Waals surface area contributed by atoms with Crippen LogP contribution in [0.25, 0.3) is 17.5 Å². The van der Waals surface area contributed by atoms with Crippen LogP contribution in [0.3, 0.4) is 0 Å². The Morgan fingerprint density at radius 2 is 1.87 bits per heavy atom. The molecule has 0 radical (unpaired) electrons. The van der Waals surface area contributed by atoms with Crippen LogP contribution in [0.15, 0.2) is 70.4 Å². The number of benzene rings is 2. The molecule has 0 aliphatic heterocycles. The molecule has 6 nitrogen and oxygen atoms in total. The zero-order chi connectivity index (χ0) is 21.3. The van der Waals surface area contributed by atoms with Crippen molar-refractivity contribution < 1.29 is 4.79 Å². The van der Waals surface area contributed by atoms with Gasteiger partial charge in [0.1, 0.15) is 0 Å². The zero-order valence-corrected chi connectivity index (χ0v) is 18.2. The third kappa shape index (κ3) is 5.90. The van der Waals surface area contributed by atoms with E-state index < -0.39 is 0 Å². The smallest absolute Gasteiger partial charge is 0.250 e. The molecule has 154 valence electrons. The fourth-order valence-corrected chi connectivity index (χ4v) is 3.61. The molecule has 3 aromatic rings. The van der Waals surface area contributed by atoms with Gasteiger partial charge in [0.25, 0.3) is 5.91 Å². The minimum Gasteiger partial charge on any atom is -0.302 e. The van der Waals surface area contributed by atoms with Gasteiger partial charge in [0.05, 0.1) is 12.0 Å². The van der Waals surface area contributed by atoms with Crippen LogP contribution in [0.5, 0.6) is 0 Å². The van der Waals surface area contributed by atoms with Gasteiger partial charge < -0.3 is 4.57 Å². The van der Waals surface area contributed by atoms with Crippen molar-refractivity contribution in [2.24, 2.45) is 5.10 Å². The molecule has 1 amide bonds. The maximum Gasteiger partial charge on any atom is 0.250 e. The monoisotopic (exact) mass is 419 g/mol. The molecule has 1 heterocycles. The summed E-state index contributed by atoms with van der Waals surface area (Å²) in [6.07, 6.45) is 3.64. The Morgan fingerprint density at radius 3 is 2.57 bits per heavy atom. The van der Waals surface area contributed by atoms with Crippen molar-refractivity contribution in [3.8, 4) is 11.4 Å². The molecule has 0 saturated heterocycles. The maximum absolute atomic E-state index is 12.1. The van der Waals surface area contributed by atoms with Gasteiger partial charge in [-0.2, -0.15) is 5.10 Å². The van der Waals surface area contributed by atoms with Gasteiger partial charge in [-0.25, -0.2) is 5.43 Å². The van der Waals surface area contributed by atoms with Crippen LogP contribution in [0.4, 0.5) is 0 Å². The van der Waals surface area contributed by atoms with Gasteiger partial charge in [-0.1, -0.05) is 78.0 Å². The van der Waals surface area contributed by atoms with E-state index in [4.69, 9.17) is 0 Å². The van der Waals surface area contributed by atoms with E-state index in [1.807, 2.05) is 67.0 Å². The highest BCUT2D eigenvalue weighted by Gasteiger charge is 2.14. The van der Waals surface area contributed by atoms with Gasteiger partial charge in [0, 0.05) is 12.1 Å². The van der Waals surface area contributed by atoms with Crippen LogP contribution in [0, 0.1) is 6.92 Å². The topological polar surface area (TPSA) is 72.2 Å². The van der Waals surface area contributed by atoms with E-state index >= 15 is 0 Å². The number of hydrogen-bond acceptors (Lipinski definition) is 5. The van der Waals surface area contributed by atoms with E-state index in [1.165, 1.54) is 17.3 Å². The lowest BCUT2D eigenvalue weighted by Gasteiger charge is -2.07. The second-order valence-electron chi connectivity index (χ2n) is 6.80. The first-order valence-electron chi connectivity index (χ1n) is 9.75. The van der Waals surface area contributed by atoms with Crippen LogP contribution >= 0.6 is 11.8 Å². The van der Waals surface area contributed by atoms with Crippen LogP contribution < -0.4 is 5.43 Å². The zero-order valence-electron chi connectivity index (χ0n) is 17.4. The molecule has 0 spiro atoms. The van der Waals surface area contributed by atoms with Crippen molar-refractivity contribution in [2.45, 2.75) is 32.5 Å². The van der Waals surface area contributed by atoms with Crippen molar-refractivity contribution in [3.63, 3.8) is 0 Å². The minimum atomic E-state index is -0.189. The number of amides is 1. The van der Waals surface area contributed by atoms with Gasteiger partial charge in [0.15, 0.2) is 11.0 Å². The van der Waals surface area contributed by atoms with Gasteiger partial charge in [0.2, 0.25) is 0 Å². The Balaban J connectivity index is 1.56. The largest absolute Gasteiger partial charge is 0.302 e. The SMILES string of the molecule is CCn1c(SCC(=O)NN=C/C(C)=C/c2ccccc2)nnc1-c1ccc(C)cc1. The standard InChI is InChI=1S/C23H25N5OS/c1-4-28-22(20-12-10-17(2)11-13-20)26-27-23(28)30-16-21(29)25-24-15-18(3)14-19-8-6-5-7-9-19/h5-15H,4,16H2,1-3H3,(H,25,29)/b18-14+,24-15?. The Bertz CT molecular complexity index is 1040. The summed E-state index contributed by atoms with van der Waals surface area (Å²) < 4.78 is 2.01. The molecule has 0 bridgehead atoms. The van der Waals surface area contributed by atoms with E-state index in [0.29, 0.717) is 5.16 Å². The predicted molar refractivity (Wildman–Crippen MR) is 123 cm³/mol. The normalized spacial score (nSPS) is 11.8. The Hall–Kier alpha value is -3.19. The Kier molecular flexibility index (Phi) is 7.57. The molecule has 1 aromatic heterocycles. The molecule has 3 rings (SSSR count). The minimum absolute atomic E-state index is 0.189. The van der Waals surface area contributed by atoms with E-state index in [2.05, 4.69) is 39.8 Å². The van der Waals surface area contributed by atoms with E-state index in [0.717, 1.165) is 29.1 Å². The molecule has 0 atom stereocenters. The Morgan fingerprint density at radius 1 is 1.13 bits per heavy atom. The number of allylic oxidation sites excluding steroid dienone is 1. The lowest BCUT2D eigenvalue weighted by molar-refractivity contribution is -0.118. The van der Waals surface area contributed by atoms with E-state index in [9.17, 15) is 4.79 Å². The summed E-state index contributed by atoms with van der Waals surface area (Å²) in [6.45, 7) is 6.75. The van der Waals surface area contributed by atoms with Crippen LogP contribution in [-0.2, 0) is 11.3 Å². The quantitative estimate of drug-likeness (QED) is 0.330. The molecule has 0 aliphatic rings. The number of thioether (sulfide) groups is 1. The third-order valence-electron chi connectivity index (χ3n) is 4.33. The van der Waals surface area contributed by atoms with Gasteiger partial charge in [-0.05, 0) is 31.9 Å². The van der Waals surface area contributed by atoms with Gasteiger partial charge >= 0.3 is 0 Å². The first-order valence-corrected chi connectivity index (χ1v) is 10.7. The first kappa shape index (κ1) is 21.5. The fourth-order valence-electron chi connectivity index (χ4n) is 2.81. The molecule has 0 saturated carbocycles. The second-order valence-corrected chi connectivity index (χ2v) is 7.74. The van der Waals surface area contributed by atoms with Crippen LogP contribution in [-0.4, -0.2) is 32.6 Å². The predicted octanol–water partition coefficient (Wildman–Crippen LogP) is 4.57. The number of carbonyl (C=O) groups excluding carboxylic acids is 1. The van der Waals surface area contributed by atoms with Gasteiger partial charge in [-0.15, -0.1) is 10.2 Å². The van der Waals surface area contributed by atoms with Crippen LogP contribution in [0.2, 0.25) is 0 Å². The number of carbonyl (C=O) groups is 1. The van der Waals surface area contributed by atoms with Crippen LogP contribution in [0.1, 0.15) is 25.0 Å². The number of nitrogens with one attached hydrogen (secondary N) is 1. The number of nitrogens with zero attached hydrogens (tertiary/aromatic N) is 4. The highest BCUT2D eigenvalue weighted by molar-refractivity contribution is 7.99. The number of rotatable bonds is 8. The molecule has 0 aliphatic carbocycles. The van der Waals surface area contributed by atoms with Crippen molar-refractivity contribution in [1.82, 2.24) is 20.2 Å². The first-order chi connectivity index (χ1) is 14.6.